The smallest absolute Gasteiger partial charge is 0.410 e. The molecule has 0 saturated carbocycles. The standard InChI is InChI=1S/C15H23ClN2O2S/c1-15(2,3)20-14(19)18-7-10(5-12(17)8-18)4-11-6-13(16)21-9-11/h6,9-10,12H,4-5,7-8,17H2,1-3H3. The van der Waals surface area contributed by atoms with E-state index in [9.17, 15) is 4.79 Å². The zero-order valence-electron chi connectivity index (χ0n) is 12.8. The maximum absolute atomic E-state index is 12.2. The Bertz CT molecular complexity index is 498. The van der Waals surface area contributed by atoms with Crippen LogP contribution >= 0.6 is 22.9 Å². The summed E-state index contributed by atoms with van der Waals surface area (Å²) in [7, 11) is 0. The van der Waals surface area contributed by atoms with Crippen LogP contribution in [0.25, 0.3) is 0 Å². The Morgan fingerprint density at radius 1 is 1.52 bits per heavy atom. The molecule has 6 heteroatoms. The molecule has 1 saturated heterocycles. The number of amides is 1. The second-order valence-electron chi connectivity index (χ2n) is 6.71. The van der Waals surface area contributed by atoms with Gasteiger partial charge in [0.25, 0.3) is 0 Å². The number of carbonyl (C=O) groups excluding carboxylic acids is 1. The van der Waals surface area contributed by atoms with E-state index in [0.717, 1.165) is 17.2 Å². The summed E-state index contributed by atoms with van der Waals surface area (Å²) < 4.78 is 6.24. The highest BCUT2D eigenvalue weighted by Gasteiger charge is 2.31. The van der Waals surface area contributed by atoms with Gasteiger partial charge in [0, 0.05) is 19.1 Å². The molecule has 1 aromatic heterocycles. The number of nitrogens with zero attached hydrogens (tertiary/aromatic N) is 1. The molecule has 2 atom stereocenters. The molecule has 1 amide bonds. The lowest BCUT2D eigenvalue weighted by atomic mass is 9.90. The van der Waals surface area contributed by atoms with E-state index in [1.165, 1.54) is 16.9 Å². The van der Waals surface area contributed by atoms with Crippen molar-refractivity contribution in [2.24, 2.45) is 11.7 Å². The molecular weight excluding hydrogens is 308 g/mol. The van der Waals surface area contributed by atoms with Gasteiger partial charge in [-0.25, -0.2) is 4.79 Å². The number of carbonyl (C=O) groups is 1. The van der Waals surface area contributed by atoms with Gasteiger partial charge >= 0.3 is 6.09 Å². The van der Waals surface area contributed by atoms with E-state index >= 15 is 0 Å². The first-order chi connectivity index (χ1) is 9.73. The quantitative estimate of drug-likeness (QED) is 0.902. The molecule has 118 valence electrons. The Morgan fingerprint density at radius 2 is 2.24 bits per heavy atom. The van der Waals surface area contributed by atoms with Crippen LogP contribution in [0, 0.1) is 5.92 Å². The molecule has 1 aliphatic heterocycles. The second kappa shape index (κ2) is 6.55. The van der Waals surface area contributed by atoms with Crippen molar-refractivity contribution in [2.75, 3.05) is 13.1 Å². The summed E-state index contributed by atoms with van der Waals surface area (Å²) in [6.45, 7) is 6.88. The molecule has 0 radical (unpaired) electrons. The molecule has 2 unspecified atom stereocenters. The number of halogens is 1. The third kappa shape index (κ3) is 5.16. The SMILES string of the molecule is CC(C)(C)OC(=O)N1CC(N)CC(Cc2csc(Cl)c2)C1. The number of hydrogen-bond donors (Lipinski definition) is 1. The predicted molar refractivity (Wildman–Crippen MR) is 86.9 cm³/mol. The van der Waals surface area contributed by atoms with Crippen LogP contribution in [0.3, 0.4) is 0 Å². The fraction of sp³-hybridized carbons (Fsp3) is 0.667. The zero-order chi connectivity index (χ0) is 15.6. The first kappa shape index (κ1) is 16.6. The van der Waals surface area contributed by atoms with Crippen LogP contribution in [0.4, 0.5) is 4.79 Å². The normalized spacial score (nSPS) is 23.2. The van der Waals surface area contributed by atoms with Crippen LogP contribution in [0.15, 0.2) is 11.4 Å². The highest BCUT2D eigenvalue weighted by atomic mass is 35.5. The Kier molecular flexibility index (Phi) is 5.17. The molecule has 0 bridgehead atoms. The van der Waals surface area contributed by atoms with Crippen LogP contribution in [-0.4, -0.2) is 35.7 Å². The molecule has 2 N–H and O–H groups in total. The molecule has 0 aliphatic carbocycles. The summed E-state index contributed by atoms with van der Waals surface area (Å²) >= 11 is 7.51. The monoisotopic (exact) mass is 330 g/mol. The molecule has 4 nitrogen and oxygen atoms in total. The van der Waals surface area contributed by atoms with Gasteiger partial charge in [-0.15, -0.1) is 11.3 Å². The van der Waals surface area contributed by atoms with Crippen LogP contribution in [0.1, 0.15) is 32.8 Å². The highest BCUT2D eigenvalue weighted by Crippen LogP contribution is 2.26. The Hall–Kier alpha value is -0.780. The van der Waals surface area contributed by atoms with Gasteiger partial charge in [0.15, 0.2) is 0 Å². The van der Waals surface area contributed by atoms with Crippen molar-refractivity contribution < 1.29 is 9.53 Å². The third-order valence-electron chi connectivity index (χ3n) is 3.37. The number of likely N-dealkylation sites (tertiary alicyclic amines) is 1. The van der Waals surface area contributed by atoms with Crippen molar-refractivity contribution in [1.82, 2.24) is 4.90 Å². The van der Waals surface area contributed by atoms with Gasteiger partial charge in [0.05, 0.1) is 4.34 Å². The molecule has 1 aliphatic rings. The zero-order valence-corrected chi connectivity index (χ0v) is 14.3. The summed E-state index contributed by atoms with van der Waals surface area (Å²) in [6.07, 6.45) is 1.55. The van der Waals surface area contributed by atoms with E-state index in [1.54, 1.807) is 4.90 Å². The minimum absolute atomic E-state index is 0.00498. The fourth-order valence-electron chi connectivity index (χ4n) is 2.66. The molecular formula is C15H23ClN2O2S. The van der Waals surface area contributed by atoms with Gasteiger partial charge in [-0.2, -0.15) is 0 Å². The predicted octanol–water partition coefficient (Wildman–Crippen LogP) is 3.53. The molecule has 1 fully saturated rings. The number of thiophene rings is 1. The first-order valence-electron chi connectivity index (χ1n) is 7.19. The lowest BCUT2D eigenvalue weighted by Crippen LogP contribution is -2.51. The van der Waals surface area contributed by atoms with Gasteiger partial charge in [-0.1, -0.05) is 11.6 Å². The Morgan fingerprint density at radius 3 is 2.81 bits per heavy atom. The molecule has 1 aromatic rings. The van der Waals surface area contributed by atoms with Gasteiger partial charge in [-0.05, 0) is 56.5 Å². The Labute approximate surface area is 135 Å². The van der Waals surface area contributed by atoms with Crippen LogP contribution in [0.5, 0.6) is 0 Å². The average Bonchev–Trinajstić information content (AvgIpc) is 2.71. The minimum Gasteiger partial charge on any atom is -0.444 e. The second-order valence-corrected chi connectivity index (χ2v) is 8.25. The maximum atomic E-state index is 12.2. The summed E-state index contributed by atoms with van der Waals surface area (Å²) in [5.41, 5.74) is 6.84. The van der Waals surface area contributed by atoms with E-state index in [-0.39, 0.29) is 12.1 Å². The highest BCUT2D eigenvalue weighted by molar-refractivity contribution is 7.14. The summed E-state index contributed by atoms with van der Waals surface area (Å²) in [5, 5.41) is 2.07. The topological polar surface area (TPSA) is 55.6 Å². The lowest BCUT2D eigenvalue weighted by molar-refractivity contribution is 0.0145. The van der Waals surface area contributed by atoms with Crippen molar-refractivity contribution in [3.8, 4) is 0 Å². The largest absolute Gasteiger partial charge is 0.444 e. The fourth-order valence-corrected chi connectivity index (χ4v) is 3.58. The van der Waals surface area contributed by atoms with E-state index < -0.39 is 5.60 Å². The molecule has 0 spiro atoms. The van der Waals surface area contributed by atoms with Crippen LogP contribution in [-0.2, 0) is 11.2 Å². The van der Waals surface area contributed by atoms with Gasteiger partial charge in [0.1, 0.15) is 5.60 Å². The summed E-state index contributed by atoms with van der Waals surface area (Å²) in [5.74, 6) is 0.354. The molecule has 0 aromatic carbocycles. The first-order valence-corrected chi connectivity index (χ1v) is 8.45. The number of rotatable bonds is 2. The van der Waals surface area contributed by atoms with Crippen molar-refractivity contribution in [2.45, 2.75) is 45.3 Å². The van der Waals surface area contributed by atoms with Gasteiger partial charge in [0.2, 0.25) is 0 Å². The summed E-state index contributed by atoms with van der Waals surface area (Å²) in [6, 6.07) is 2.00. The number of hydrogen-bond acceptors (Lipinski definition) is 4. The van der Waals surface area contributed by atoms with E-state index in [0.29, 0.717) is 19.0 Å². The third-order valence-corrected chi connectivity index (χ3v) is 4.51. The van der Waals surface area contributed by atoms with E-state index in [1.807, 2.05) is 26.8 Å². The number of nitrogens with two attached hydrogens (primary N) is 1. The van der Waals surface area contributed by atoms with Crippen molar-refractivity contribution in [3.05, 3.63) is 21.3 Å². The molecule has 2 rings (SSSR count). The van der Waals surface area contributed by atoms with Crippen molar-refractivity contribution >= 4 is 29.0 Å². The Balaban J connectivity index is 1.97. The lowest BCUT2D eigenvalue weighted by Gasteiger charge is -2.37. The van der Waals surface area contributed by atoms with Gasteiger partial charge in [-0.3, -0.25) is 0 Å². The average molecular weight is 331 g/mol. The number of ether oxygens (including phenoxy) is 1. The van der Waals surface area contributed by atoms with Crippen molar-refractivity contribution in [3.63, 3.8) is 0 Å². The minimum atomic E-state index is -0.477. The van der Waals surface area contributed by atoms with Crippen LogP contribution < -0.4 is 5.73 Å². The molecule has 21 heavy (non-hydrogen) atoms. The van der Waals surface area contributed by atoms with E-state index in [4.69, 9.17) is 22.1 Å². The van der Waals surface area contributed by atoms with E-state index in [2.05, 4.69) is 5.38 Å². The summed E-state index contributed by atoms with van der Waals surface area (Å²) in [4.78, 5) is 13.9. The van der Waals surface area contributed by atoms with Crippen molar-refractivity contribution in [1.29, 1.82) is 0 Å². The number of piperidine rings is 1. The van der Waals surface area contributed by atoms with Gasteiger partial charge < -0.3 is 15.4 Å². The maximum Gasteiger partial charge on any atom is 0.410 e. The molecule has 2 heterocycles. The van der Waals surface area contributed by atoms with Crippen LogP contribution in [0.2, 0.25) is 4.34 Å².